The summed E-state index contributed by atoms with van der Waals surface area (Å²) in [6, 6.07) is 12.9. The number of rotatable bonds is 3. The fraction of sp³-hybridized carbons (Fsp3) is 0.333. The summed E-state index contributed by atoms with van der Waals surface area (Å²) in [5.41, 5.74) is 3.07. The average Bonchev–Trinajstić information content (AvgIpc) is 2.23. The van der Waals surface area contributed by atoms with Crippen molar-refractivity contribution in [3.8, 4) is 12.0 Å². The predicted octanol–water partition coefficient (Wildman–Crippen LogP) is 2.55. The molecule has 0 saturated carbocycles. The minimum absolute atomic E-state index is 1.14. The second-order valence-electron chi connectivity index (χ2n) is 3.30. The lowest BCUT2D eigenvalue weighted by Crippen LogP contribution is -2.45. The van der Waals surface area contributed by atoms with Gasteiger partial charge in [-0.3, -0.25) is 0 Å². The van der Waals surface area contributed by atoms with E-state index in [-0.39, 0.29) is 0 Å². The van der Waals surface area contributed by atoms with Gasteiger partial charge in [-0.1, -0.05) is 44.2 Å². The molecule has 0 aliphatic rings. The third-order valence-corrected chi connectivity index (χ3v) is 7.22. The van der Waals surface area contributed by atoms with Crippen LogP contribution in [0, 0.1) is 12.0 Å². The fourth-order valence-corrected chi connectivity index (χ4v) is 4.42. The zero-order valence-electron chi connectivity index (χ0n) is 8.38. The first-order chi connectivity index (χ1) is 6.29. The van der Waals surface area contributed by atoms with E-state index < -0.39 is 8.07 Å². The highest BCUT2D eigenvalue weighted by Crippen LogP contribution is 2.13. The third kappa shape index (κ3) is 1.84. The second-order valence-corrected chi connectivity index (χ2v) is 7.74. The van der Waals surface area contributed by atoms with Crippen molar-refractivity contribution in [1.82, 2.24) is 0 Å². The van der Waals surface area contributed by atoms with Crippen LogP contribution in [-0.4, -0.2) is 8.07 Å². The van der Waals surface area contributed by atoms with Gasteiger partial charge in [0.1, 0.15) is 0 Å². The Balaban J connectivity index is 3.10. The van der Waals surface area contributed by atoms with Crippen LogP contribution in [-0.2, 0) is 0 Å². The molecule has 0 aliphatic carbocycles. The summed E-state index contributed by atoms with van der Waals surface area (Å²) in [5.74, 6) is 0. The standard InChI is InChI=1S/C12H16Si/c1-4-13(5-2,6-3)12-10-8-7-9-11-12/h1,7-11H,5-6H2,2-3H3. The highest BCUT2D eigenvalue weighted by atomic mass is 28.3. The second kappa shape index (κ2) is 4.29. The number of hydrogen-bond acceptors (Lipinski definition) is 0. The van der Waals surface area contributed by atoms with E-state index in [1.165, 1.54) is 5.19 Å². The molecule has 0 fully saturated rings. The molecule has 0 aromatic heterocycles. The quantitative estimate of drug-likeness (QED) is 0.505. The summed E-state index contributed by atoms with van der Waals surface area (Å²) < 4.78 is 0. The van der Waals surface area contributed by atoms with Crippen LogP contribution < -0.4 is 5.19 Å². The van der Waals surface area contributed by atoms with Crippen molar-refractivity contribution >= 4 is 13.3 Å². The van der Waals surface area contributed by atoms with Crippen molar-refractivity contribution in [2.24, 2.45) is 0 Å². The smallest absolute Gasteiger partial charge is 0.129 e. The van der Waals surface area contributed by atoms with E-state index in [1.54, 1.807) is 0 Å². The van der Waals surface area contributed by atoms with Crippen LogP contribution in [0.2, 0.25) is 12.1 Å². The van der Waals surface area contributed by atoms with Gasteiger partial charge < -0.3 is 0 Å². The average molecular weight is 188 g/mol. The Kier molecular flexibility index (Phi) is 3.33. The van der Waals surface area contributed by atoms with Gasteiger partial charge in [0.25, 0.3) is 0 Å². The molecule has 0 nitrogen and oxygen atoms in total. The van der Waals surface area contributed by atoms with E-state index in [2.05, 4.69) is 43.7 Å². The van der Waals surface area contributed by atoms with Crippen molar-refractivity contribution in [3.63, 3.8) is 0 Å². The topological polar surface area (TPSA) is 0 Å². The molecule has 0 unspecified atom stereocenters. The van der Waals surface area contributed by atoms with Gasteiger partial charge in [-0.15, -0.1) is 12.0 Å². The third-order valence-electron chi connectivity index (χ3n) is 2.81. The van der Waals surface area contributed by atoms with Crippen molar-refractivity contribution in [2.75, 3.05) is 0 Å². The largest absolute Gasteiger partial charge is 0.167 e. The normalized spacial score (nSPS) is 10.8. The van der Waals surface area contributed by atoms with E-state index in [0.29, 0.717) is 0 Å². The molecule has 0 bridgehead atoms. The van der Waals surface area contributed by atoms with E-state index in [0.717, 1.165) is 12.1 Å². The summed E-state index contributed by atoms with van der Waals surface area (Å²) in [6.45, 7) is 4.42. The van der Waals surface area contributed by atoms with Gasteiger partial charge in [0.05, 0.1) is 0 Å². The van der Waals surface area contributed by atoms with Crippen LogP contribution in [0.1, 0.15) is 13.8 Å². The molecule has 0 saturated heterocycles. The number of terminal acetylenes is 1. The molecule has 0 N–H and O–H groups in total. The van der Waals surface area contributed by atoms with Gasteiger partial charge >= 0.3 is 0 Å². The molecule has 0 radical (unpaired) electrons. The van der Waals surface area contributed by atoms with E-state index in [4.69, 9.17) is 6.42 Å². The van der Waals surface area contributed by atoms with Crippen LogP contribution >= 0.6 is 0 Å². The van der Waals surface area contributed by atoms with Crippen molar-refractivity contribution in [3.05, 3.63) is 30.3 Å². The SMILES string of the molecule is C#C[Si](CC)(CC)c1ccccc1. The van der Waals surface area contributed by atoms with E-state index >= 15 is 0 Å². The number of hydrogen-bond donors (Lipinski definition) is 0. The molecule has 0 atom stereocenters. The van der Waals surface area contributed by atoms with Crippen molar-refractivity contribution in [1.29, 1.82) is 0 Å². The molecule has 1 heteroatoms. The van der Waals surface area contributed by atoms with Gasteiger partial charge in [-0.25, -0.2) is 0 Å². The first kappa shape index (κ1) is 10.1. The monoisotopic (exact) mass is 188 g/mol. The first-order valence-electron chi connectivity index (χ1n) is 4.82. The molecule has 0 amide bonds. The molecule has 1 aromatic carbocycles. The van der Waals surface area contributed by atoms with E-state index in [9.17, 15) is 0 Å². The lowest BCUT2D eigenvalue weighted by Gasteiger charge is -2.22. The van der Waals surface area contributed by atoms with Gasteiger partial charge in [0.15, 0.2) is 8.07 Å². The van der Waals surface area contributed by atoms with Crippen LogP contribution in [0.5, 0.6) is 0 Å². The van der Waals surface area contributed by atoms with Gasteiger partial charge in [0, 0.05) is 0 Å². The Morgan fingerprint density at radius 2 is 1.69 bits per heavy atom. The molecule has 0 spiro atoms. The van der Waals surface area contributed by atoms with Gasteiger partial charge in [0.2, 0.25) is 0 Å². The summed E-state index contributed by atoms with van der Waals surface area (Å²) in [6.07, 6.45) is 5.67. The van der Waals surface area contributed by atoms with Crippen LogP contribution in [0.15, 0.2) is 30.3 Å². The molecule has 0 aliphatic heterocycles. The minimum Gasteiger partial charge on any atom is -0.129 e. The first-order valence-corrected chi connectivity index (χ1v) is 7.23. The van der Waals surface area contributed by atoms with E-state index in [1.807, 2.05) is 6.07 Å². The highest BCUT2D eigenvalue weighted by Gasteiger charge is 2.28. The maximum atomic E-state index is 5.67. The summed E-state index contributed by atoms with van der Waals surface area (Å²) in [7, 11) is -1.57. The van der Waals surface area contributed by atoms with Crippen molar-refractivity contribution in [2.45, 2.75) is 25.9 Å². The molecular weight excluding hydrogens is 172 g/mol. The maximum absolute atomic E-state index is 5.67. The lowest BCUT2D eigenvalue weighted by atomic mass is 10.4. The lowest BCUT2D eigenvalue weighted by molar-refractivity contribution is 1.30. The van der Waals surface area contributed by atoms with Crippen LogP contribution in [0.4, 0.5) is 0 Å². The molecule has 0 heterocycles. The molecule has 1 aromatic rings. The fourth-order valence-electron chi connectivity index (χ4n) is 1.70. The Morgan fingerprint density at radius 1 is 1.15 bits per heavy atom. The maximum Gasteiger partial charge on any atom is 0.167 e. The van der Waals surface area contributed by atoms with Gasteiger partial charge in [-0.05, 0) is 17.3 Å². The molecular formula is C12H16Si. The predicted molar refractivity (Wildman–Crippen MR) is 61.6 cm³/mol. The Labute approximate surface area is 82.0 Å². The summed E-state index contributed by atoms with van der Waals surface area (Å²) in [4.78, 5) is 0. The summed E-state index contributed by atoms with van der Waals surface area (Å²) in [5, 5.41) is 1.41. The molecule has 1 rings (SSSR count). The molecule has 68 valence electrons. The van der Waals surface area contributed by atoms with Crippen molar-refractivity contribution < 1.29 is 0 Å². The Morgan fingerprint density at radius 3 is 2.08 bits per heavy atom. The minimum atomic E-state index is -1.57. The summed E-state index contributed by atoms with van der Waals surface area (Å²) >= 11 is 0. The number of benzene rings is 1. The van der Waals surface area contributed by atoms with Gasteiger partial charge in [-0.2, -0.15) is 0 Å². The Bertz CT molecular complexity index is 291. The highest BCUT2D eigenvalue weighted by molar-refractivity contribution is 6.98. The Hall–Kier alpha value is -1.00. The van der Waals surface area contributed by atoms with Crippen LogP contribution in [0.3, 0.4) is 0 Å². The zero-order chi connectivity index (χ0) is 9.73. The zero-order valence-corrected chi connectivity index (χ0v) is 9.38. The molecule has 13 heavy (non-hydrogen) atoms. The van der Waals surface area contributed by atoms with Crippen LogP contribution in [0.25, 0.3) is 0 Å².